The Bertz CT molecular complexity index is 576. The molecule has 0 radical (unpaired) electrons. The second kappa shape index (κ2) is 5.79. The summed E-state index contributed by atoms with van der Waals surface area (Å²) in [6.45, 7) is 0. The molecule has 0 heterocycles. The average molecular weight is 368 g/mol. The molecule has 0 N–H and O–H groups in total. The summed E-state index contributed by atoms with van der Waals surface area (Å²) in [5.41, 5.74) is 2.50. The number of rotatable bonds is 2. The predicted octanol–water partition coefficient (Wildman–Crippen LogP) is 6.35. The molecule has 0 aliphatic carbocycles. The molecule has 18 heavy (non-hydrogen) atoms. The molecule has 0 atom stereocenters. The van der Waals surface area contributed by atoms with Crippen LogP contribution in [0.3, 0.4) is 0 Å². The third-order valence-corrected chi connectivity index (χ3v) is 4.31. The fourth-order valence-corrected chi connectivity index (χ4v) is 2.73. The Balaban J connectivity index is 2.62. The van der Waals surface area contributed by atoms with Crippen LogP contribution in [0.1, 0.15) is 5.56 Å². The number of alkyl halides is 1. The fraction of sp³-hybridized carbons (Fsp3) is 0.0769. The van der Waals surface area contributed by atoms with E-state index in [1.807, 2.05) is 0 Å². The van der Waals surface area contributed by atoms with Crippen LogP contribution in [0.4, 0.5) is 4.39 Å². The van der Waals surface area contributed by atoms with Crippen LogP contribution in [-0.4, -0.2) is 0 Å². The Morgan fingerprint density at radius 3 is 2.17 bits per heavy atom. The highest BCUT2D eigenvalue weighted by Crippen LogP contribution is 2.36. The summed E-state index contributed by atoms with van der Waals surface area (Å²) in [5.74, 6) is -0.278. The normalized spacial score (nSPS) is 10.7. The van der Waals surface area contributed by atoms with Crippen molar-refractivity contribution in [2.75, 3.05) is 0 Å². The zero-order chi connectivity index (χ0) is 13.3. The molecule has 0 unspecified atom stereocenters. The number of hydrogen-bond donors (Lipinski definition) is 0. The van der Waals surface area contributed by atoms with Gasteiger partial charge in [0.1, 0.15) is 5.82 Å². The van der Waals surface area contributed by atoms with Crippen molar-refractivity contribution in [1.82, 2.24) is 0 Å². The van der Waals surface area contributed by atoms with Crippen LogP contribution < -0.4 is 0 Å². The summed E-state index contributed by atoms with van der Waals surface area (Å²) in [6.07, 6.45) is 0. The molecule has 0 aromatic heterocycles. The van der Waals surface area contributed by atoms with E-state index in [1.165, 1.54) is 12.1 Å². The van der Waals surface area contributed by atoms with E-state index in [0.717, 1.165) is 16.7 Å². The van der Waals surface area contributed by atoms with Gasteiger partial charge in [-0.15, -0.1) is 0 Å². The van der Waals surface area contributed by atoms with E-state index < -0.39 is 0 Å². The lowest BCUT2D eigenvalue weighted by molar-refractivity contribution is 0.627. The highest BCUT2D eigenvalue weighted by Gasteiger charge is 2.10. The Kier molecular flexibility index (Phi) is 4.54. The van der Waals surface area contributed by atoms with Crippen LogP contribution >= 0.6 is 50.7 Å². The van der Waals surface area contributed by atoms with E-state index in [1.54, 1.807) is 18.2 Å². The summed E-state index contributed by atoms with van der Waals surface area (Å²) < 4.78 is 13.2. The monoisotopic (exact) mass is 366 g/mol. The maximum Gasteiger partial charge on any atom is 0.123 e. The van der Waals surface area contributed by atoms with Gasteiger partial charge in [0.05, 0.1) is 15.1 Å². The van der Waals surface area contributed by atoms with Crippen LogP contribution in [0, 0.1) is 5.82 Å². The van der Waals surface area contributed by atoms with Gasteiger partial charge in [0.25, 0.3) is 0 Å². The van der Waals surface area contributed by atoms with Gasteiger partial charge < -0.3 is 0 Å². The minimum absolute atomic E-state index is 0.278. The number of benzene rings is 2. The number of halogens is 5. The summed E-state index contributed by atoms with van der Waals surface area (Å²) in [5, 5.41) is 1.62. The molecular formula is C13H7BrCl3F. The lowest BCUT2D eigenvalue weighted by Gasteiger charge is -2.10. The first kappa shape index (κ1) is 14.1. The molecule has 0 fully saturated rings. The van der Waals surface area contributed by atoms with Crippen molar-refractivity contribution in [3.8, 4) is 11.1 Å². The van der Waals surface area contributed by atoms with Gasteiger partial charge in [-0.2, -0.15) is 0 Å². The predicted molar refractivity (Wildman–Crippen MR) is 79.5 cm³/mol. The lowest BCUT2D eigenvalue weighted by Crippen LogP contribution is -1.89. The zero-order valence-corrected chi connectivity index (χ0v) is 12.8. The fourth-order valence-electron chi connectivity index (χ4n) is 1.67. The van der Waals surface area contributed by atoms with Crippen molar-refractivity contribution in [2.45, 2.75) is 5.33 Å². The smallest absolute Gasteiger partial charge is 0.123 e. The molecule has 0 saturated carbocycles. The van der Waals surface area contributed by atoms with Crippen LogP contribution in [0.25, 0.3) is 11.1 Å². The van der Waals surface area contributed by atoms with Crippen molar-refractivity contribution in [3.05, 3.63) is 56.8 Å². The Morgan fingerprint density at radius 2 is 1.61 bits per heavy atom. The molecule has 0 spiro atoms. The van der Waals surface area contributed by atoms with E-state index in [9.17, 15) is 4.39 Å². The quantitative estimate of drug-likeness (QED) is 0.428. The summed E-state index contributed by atoms with van der Waals surface area (Å²) in [4.78, 5) is 0. The molecule has 0 nitrogen and oxygen atoms in total. The van der Waals surface area contributed by atoms with Gasteiger partial charge in [0, 0.05) is 5.33 Å². The van der Waals surface area contributed by atoms with Crippen molar-refractivity contribution >= 4 is 50.7 Å². The molecule has 2 aromatic carbocycles. The van der Waals surface area contributed by atoms with Crippen molar-refractivity contribution in [3.63, 3.8) is 0 Å². The standard InChI is InChI=1S/C13H7BrCl3F/c14-6-8-3-9(18)1-2-10(8)7-4-11(15)13(17)12(16)5-7/h1-5H,6H2. The minimum Gasteiger partial charge on any atom is -0.207 e. The van der Waals surface area contributed by atoms with Gasteiger partial charge in [0.15, 0.2) is 0 Å². The van der Waals surface area contributed by atoms with Crippen LogP contribution in [0.15, 0.2) is 30.3 Å². The molecule has 0 amide bonds. The molecule has 5 heteroatoms. The Labute approximate surface area is 128 Å². The second-order valence-corrected chi connectivity index (χ2v) is 5.44. The lowest BCUT2D eigenvalue weighted by atomic mass is 10.0. The third kappa shape index (κ3) is 2.83. The average Bonchev–Trinajstić information content (AvgIpc) is 2.35. The minimum atomic E-state index is -0.278. The van der Waals surface area contributed by atoms with Crippen LogP contribution in [0.2, 0.25) is 15.1 Å². The van der Waals surface area contributed by atoms with Gasteiger partial charge in [-0.25, -0.2) is 4.39 Å². The number of hydrogen-bond acceptors (Lipinski definition) is 0. The van der Waals surface area contributed by atoms with E-state index in [2.05, 4.69) is 15.9 Å². The molecule has 0 aliphatic rings. The van der Waals surface area contributed by atoms with Crippen LogP contribution in [0.5, 0.6) is 0 Å². The van der Waals surface area contributed by atoms with Crippen molar-refractivity contribution in [1.29, 1.82) is 0 Å². The van der Waals surface area contributed by atoms with Gasteiger partial charge in [-0.05, 0) is 41.0 Å². The van der Waals surface area contributed by atoms with Crippen molar-refractivity contribution < 1.29 is 4.39 Å². The first-order valence-corrected chi connectivity index (χ1v) is 7.27. The molecule has 2 rings (SSSR count). The van der Waals surface area contributed by atoms with E-state index in [4.69, 9.17) is 34.8 Å². The van der Waals surface area contributed by atoms with E-state index >= 15 is 0 Å². The maximum absolute atomic E-state index is 13.2. The molecule has 2 aromatic rings. The maximum atomic E-state index is 13.2. The largest absolute Gasteiger partial charge is 0.207 e. The zero-order valence-electron chi connectivity index (χ0n) is 8.98. The Hall–Kier alpha value is -0.280. The van der Waals surface area contributed by atoms with E-state index in [0.29, 0.717) is 20.4 Å². The second-order valence-electron chi connectivity index (χ2n) is 3.69. The highest BCUT2D eigenvalue weighted by molar-refractivity contribution is 9.08. The molecule has 94 valence electrons. The highest BCUT2D eigenvalue weighted by atomic mass is 79.9. The van der Waals surface area contributed by atoms with Gasteiger partial charge in [-0.1, -0.05) is 56.8 Å². The van der Waals surface area contributed by atoms with Crippen molar-refractivity contribution in [2.24, 2.45) is 0 Å². The van der Waals surface area contributed by atoms with Gasteiger partial charge in [0.2, 0.25) is 0 Å². The summed E-state index contributed by atoms with van der Waals surface area (Å²) in [6, 6.07) is 8.00. The van der Waals surface area contributed by atoms with Gasteiger partial charge >= 0.3 is 0 Å². The summed E-state index contributed by atoms with van der Waals surface area (Å²) >= 11 is 21.2. The van der Waals surface area contributed by atoms with E-state index in [-0.39, 0.29) is 5.82 Å². The first-order chi connectivity index (χ1) is 8.52. The molecular weight excluding hydrogens is 361 g/mol. The van der Waals surface area contributed by atoms with Crippen LogP contribution in [-0.2, 0) is 5.33 Å². The summed E-state index contributed by atoms with van der Waals surface area (Å²) in [7, 11) is 0. The first-order valence-electron chi connectivity index (χ1n) is 5.02. The van der Waals surface area contributed by atoms with Gasteiger partial charge in [-0.3, -0.25) is 0 Å². The Morgan fingerprint density at radius 1 is 1.00 bits per heavy atom. The molecule has 0 aliphatic heterocycles. The molecule has 0 saturated heterocycles. The SMILES string of the molecule is Fc1ccc(-c2cc(Cl)c(Cl)c(Cl)c2)c(CBr)c1. The topological polar surface area (TPSA) is 0 Å². The molecule has 0 bridgehead atoms. The third-order valence-electron chi connectivity index (χ3n) is 2.51.